The lowest BCUT2D eigenvalue weighted by molar-refractivity contribution is -0.384. The van der Waals surface area contributed by atoms with Crippen molar-refractivity contribution in [2.45, 2.75) is 45.4 Å². The second kappa shape index (κ2) is 9.44. The molecule has 0 radical (unpaired) electrons. The van der Waals surface area contributed by atoms with E-state index in [1.54, 1.807) is 13.0 Å². The maximum Gasteiger partial charge on any atom is 0.297 e. The molecule has 2 aromatic carbocycles. The molecule has 0 spiro atoms. The summed E-state index contributed by atoms with van der Waals surface area (Å²) in [5.74, 6) is 0.419. The standard InChI is InChI=1S/C25H26N2O6/c1-3-32-17-10-8-16(9-11-17)19-15-24(29)26(21-6-5-7-23(28)25(19)21)20-13-12-18(33-4-2)14-22(20)27(30)31/h8-14,19H,3-7,15H2,1-2H3. The normalized spacial score (nSPS) is 18.2. The molecular formula is C25H26N2O6. The van der Waals surface area contributed by atoms with Crippen LogP contribution in [0.3, 0.4) is 0 Å². The fraction of sp³-hybridized carbons (Fsp3) is 0.360. The highest BCUT2D eigenvalue weighted by molar-refractivity contribution is 6.08. The van der Waals surface area contributed by atoms with Gasteiger partial charge in [-0.3, -0.25) is 24.6 Å². The number of ketones is 1. The van der Waals surface area contributed by atoms with Gasteiger partial charge < -0.3 is 9.47 Å². The highest BCUT2D eigenvalue weighted by Gasteiger charge is 2.41. The van der Waals surface area contributed by atoms with Crippen LogP contribution in [0.15, 0.2) is 53.7 Å². The maximum absolute atomic E-state index is 13.4. The van der Waals surface area contributed by atoms with Crippen molar-refractivity contribution in [3.05, 3.63) is 69.4 Å². The predicted molar refractivity (Wildman–Crippen MR) is 123 cm³/mol. The van der Waals surface area contributed by atoms with Crippen molar-refractivity contribution >= 4 is 23.1 Å². The Bertz CT molecular complexity index is 1120. The predicted octanol–water partition coefficient (Wildman–Crippen LogP) is 4.92. The summed E-state index contributed by atoms with van der Waals surface area (Å²) < 4.78 is 10.9. The molecule has 0 saturated carbocycles. The van der Waals surface area contributed by atoms with Gasteiger partial charge in [-0.2, -0.15) is 0 Å². The number of allylic oxidation sites excluding steroid dienone is 2. The Morgan fingerprint density at radius 3 is 2.33 bits per heavy atom. The highest BCUT2D eigenvalue weighted by atomic mass is 16.6. The zero-order chi connectivity index (χ0) is 23.5. The van der Waals surface area contributed by atoms with Gasteiger partial charge >= 0.3 is 0 Å². The van der Waals surface area contributed by atoms with Crippen LogP contribution >= 0.6 is 0 Å². The monoisotopic (exact) mass is 450 g/mol. The quantitative estimate of drug-likeness (QED) is 0.439. The fourth-order valence-electron chi connectivity index (χ4n) is 4.62. The van der Waals surface area contributed by atoms with Crippen molar-refractivity contribution in [1.29, 1.82) is 0 Å². The third-order valence-corrected chi connectivity index (χ3v) is 5.96. The SMILES string of the molecule is CCOc1ccc(C2CC(=O)N(c3ccc(OCC)cc3[N+](=O)[O-])C3=C2C(=O)CCC3)cc1. The van der Waals surface area contributed by atoms with E-state index in [1.807, 2.05) is 31.2 Å². The first-order valence-corrected chi connectivity index (χ1v) is 11.2. The summed E-state index contributed by atoms with van der Waals surface area (Å²) in [6.45, 7) is 4.61. The minimum Gasteiger partial charge on any atom is -0.494 e. The molecule has 172 valence electrons. The van der Waals surface area contributed by atoms with Crippen molar-refractivity contribution in [3.8, 4) is 11.5 Å². The Morgan fingerprint density at radius 2 is 1.67 bits per heavy atom. The van der Waals surface area contributed by atoms with Crippen LogP contribution in [0.25, 0.3) is 0 Å². The Hall–Kier alpha value is -3.68. The lowest BCUT2D eigenvalue weighted by atomic mass is 9.77. The molecule has 8 nitrogen and oxygen atoms in total. The average Bonchev–Trinajstić information content (AvgIpc) is 2.80. The molecule has 33 heavy (non-hydrogen) atoms. The summed E-state index contributed by atoms with van der Waals surface area (Å²) in [6, 6.07) is 11.9. The lowest BCUT2D eigenvalue weighted by Gasteiger charge is -2.38. The van der Waals surface area contributed by atoms with Crippen molar-refractivity contribution < 1.29 is 24.0 Å². The first-order chi connectivity index (χ1) is 15.9. The molecule has 1 atom stereocenters. The van der Waals surface area contributed by atoms with Gasteiger partial charge in [0.1, 0.15) is 17.2 Å². The van der Waals surface area contributed by atoms with Gasteiger partial charge in [-0.15, -0.1) is 0 Å². The van der Waals surface area contributed by atoms with Crippen molar-refractivity contribution in [2.75, 3.05) is 18.1 Å². The smallest absolute Gasteiger partial charge is 0.297 e. The molecule has 1 aliphatic carbocycles. The number of hydrogen-bond acceptors (Lipinski definition) is 6. The summed E-state index contributed by atoms with van der Waals surface area (Å²) in [4.78, 5) is 39.1. The van der Waals surface area contributed by atoms with E-state index in [0.717, 1.165) is 11.3 Å². The summed E-state index contributed by atoms with van der Waals surface area (Å²) in [7, 11) is 0. The van der Waals surface area contributed by atoms with Gasteiger partial charge in [0.25, 0.3) is 5.69 Å². The van der Waals surface area contributed by atoms with Gasteiger partial charge in [0.05, 0.1) is 24.2 Å². The molecule has 2 aromatic rings. The Labute approximate surface area is 191 Å². The van der Waals surface area contributed by atoms with Crippen LogP contribution in [0, 0.1) is 10.1 Å². The summed E-state index contributed by atoms with van der Waals surface area (Å²) in [5.41, 5.74) is 1.94. The third-order valence-electron chi connectivity index (χ3n) is 5.96. The largest absolute Gasteiger partial charge is 0.494 e. The molecule has 0 fully saturated rings. The first-order valence-electron chi connectivity index (χ1n) is 11.2. The molecule has 4 rings (SSSR count). The number of amides is 1. The van der Waals surface area contributed by atoms with Crippen LogP contribution in [-0.4, -0.2) is 29.8 Å². The van der Waals surface area contributed by atoms with Gasteiger partial charge in [0.2, 0.25) is 5.91 Å². The fourth-order valence-corrected chi connectivity index (χ4v) is 4.62. The van der Waals surface area contributed by atoms with Gasteiger partial charge in [-0.05, 0) is 56.5 Å². The Balaban J connectivity index is 1.81. The number of nitrogens with zero attached hydrogens (tertiary/aromatic N) is 2. The number of benzene rings is 2. The lowest BCUT2D eigenvalue weighted by Crippen LogP contribution is -2.40. The molecule has 0 saturated heterocycles. The van der Waals surface area contributed by atoms with E-state index < -0.39 is 4.92 Å². The Morgan fingerprint density at radius 1 is 1.00 bits per heavy atom. The number of rotatable bonds is 7. The van der Waals surface area contributed by atoms with Crippen LogP contribution in [0.2, 0.25) is 0 Å². The third kappa shape index (κ3) is 4.33. The molecule has 2 aliphatic rings. The summed E-state index contributed by atoms with van der Waals surface area (Å²) >= 11 is 0. The van der Waals surface area contributed by atoms with E-state index in [2.05, 4.69) is 0 Å². The number of carbonyl (C=O) groups excluding carboxylic acids is 2. The van der Waals surface area contributed by atoms with Crippen molar-refractivity contribution in [3.63, 3.8) is 0 Å². The maximum atomic E-state index is 13.4. The molecule has 1 aliphatic heterocycles. The molecule has 1 unspecified atom stereocenters. The number of carbonyl (C=O) groups is 2. The number of nitro groups is 1. The minimum absolute atomic E-state index is 0.0128. The zero-order valence-electron chi connectivity index (χ0n) is 18.7. The highest BCUT2D eigenvalue weighted by Crippen LogP contribution is 2.46. The van der Waals surface area contributed by atoms with Gasteiger partial charge in [0, 0.05) is 30.0 Å². The number of ether oxygens (including phenoxy) is 2. The summed E-state index contributed by atoms with van der Waals surface area (Å²) in [6.07, 6.45) is 1.57. The Kier molecular flexibility index (Phi) is 6.44. The van der Waals surface area contributed by atoms with Crippen LogP contribution in [-0.2, 0) is 9.59 Å². The second-order valence-corrected chi connectivity index (χ2v) is 7.97. The molecule has 1 amide bonds. The van der Waals surface area contributed by atoms with E-state index >= 15 is 0 Å². The van der Waals surface area contributed by atoms with E-state index in [4.69, 9.17) is 9.47 Å². The van der Waals surface area contributed by atoms with E-state index in [0.29, 0.717) is 49.5 Å². The molecule has 0 N–H and O–H groups in total. The number of nitro benzene ring substituents is 1. The van der Waals surface area contributed by atoms with Gasteiger partial charge in [0.15, 0.2) is 5.78 Å². The first kappa shape index (κ1) is 22.5. The van der Waals surface area contributed by atoms with Crippen molar-refractivity contribution in [1.82, 2.24) is 0 Å². The molecule has 8 heteroatoms. The van der Waals surface area contributed by atoms with Crippen LogP contribution in [0.5, 0.6) is 11.5 Å². The molecule has 0 aromatic heterocycles. The second-order valence-electron chi connectivity index (χ2n) is 7.97. The number of anilines is 1. The van der Waals surface area contributed by atoms with Gasteiger partial charge in [-0.25, -0.2) is 0 Å². The zero-order valence-corrected chi connectivity index (χ0v) is 18.7. The number of Topliss-reactive ketones (excluding diaryl/α,β-unsaturated/α-hetero) is 1. The van der Waals surface area contributed by atoms with E-state index in [1.165, 1.54) is 17.0 Å². The minimum atomic E-state index is -0.519. The average molecular weight is 450 g/mol. The molecular weight excluding hydrogens is 424 g/mol. The van der Waals surface area contributed by atoms with Crippen molar-refractivity contribution in [2.24, 2.45) is 0 Å². The van der Waals surface area contributed by atoms with Crippen LogP contribution in [0.1, 0.15) is 51.0 Å². The van der Waals surface area contributed by atoms with Crippen LogP contribution < -0.4 is 14.4 Å². The van der Waals surface area contributed by atoms with Gasteiger partial charge in [-0.1, -0.05) is 12.1 Å². The molecule has 0 bridgehead atoms. The molecule has 1 heterocycles. The number of hydrogen-bond donors (Lipinski definition) is 0. The van der Waals surface area contributed by atoms with E-state index in [-0.39, 0.29) is 35.4 Å². The van der Waals surface area contributed by atoms with Crippen LogP contribution in [0.4, 0.5) is 11.4 Å². The van der Waals surface area contributed by atoms with E-state index in [9.17, 15) is 19.7 Å². The topological polar surface area (TPSA) is 99.0 Å². The summed E-state index contributed by atoms with van der Waals surface area (Å²) in [5, 5.41) is 11.8.